The number of carbonyl (C=O) groups is 1. The van der Waals surface area contributed by atoms with Crippen LogP contribution >= 0.6 is 23.1 Å². The number of thiazole rings is 1. The van der Waals surface area contributed by atoms with E-state index >= 15 is 0 Å². The van der Waals surface area contributed by atoms with Gasteiger partial charge in [0.15, 0.2) is 5.16 Å². The molecule has 2 N–H and O–H groups in total. The molecule has 0 spiro atoms. The van der Waals surface area contributed by atoms with Crippen molar-refractivity contribution in [1.82, 2.24) is 19.7 Å². The van der Waals surface area contributed by atoms with Gasteiger partial charge in [-0.25, -0.2) is 4.98 Å². The molecule has 0 aliphatic rings. The number of hydrogen-bond acceptors (Lipinski definition) is 6. The lowest BCUT2D eigenvalue weighted by Crippen LogP contribution is -2.15. The first-order valence-electron chi connectivity index (χ1n) is 9.27. The van der Waals surface area contributed by atoms with E-state index in [4.69, 9.17) is 10.7 Å². The molecule has 3 rings (SSSR count). The van der Waals surface area contributed by atoms with E-state index in [1.807, 2.05) is 0 Å². The van der Waals surface area contributed by atoms with E-state index in [0.29, 0.717) is 12.3 Å². The molecule has 0 aliphatic heterocycles. The third kappa shape index (κ3) is 5.42. The van der Waals surface area contributed by atoms with Gasteiger partial charge in [0, 0.05) is 36.1 Å². The monoisotopic (exact) mass is 415 g/mol. The van der Waals surface area contributed by atoms with Crippen molar-refractivity contribution in [2.75, 3.05) is 0 Å². The van der Waals surface area contributed by atoms with E-state index < -0.39 is 0 Å². The standard InChI is InChI=1S/C20H25N5OS2/c1-13(2)10-25-18(9-8-17(21)26)23-24-20(25)28-12-16-11-27-19(22-16)15-6-4-14(3)5-7-15/h4-7,11,13H,8-10,12H2,1-3H3,(H2,21,26). The van der Waals surface area contributed by atoms with Crippen LogP contribution < -0.4 is 5.73 Å². The number of rotatable bonds is 9. The Balaban J connectivity index is 1.70. The molecule has 2 heterocycles. The second-order valence-corrected chi connectivity index (χ2v) is 8.97. The molecular weight excluding hydrogens is 390 g/mol. The van der Waals surface area contributed by atoms with Crippen LogP contribution in [-0.4, -0.2) is 25.7 Å². The number of aromatic nitrogens is 4. The second-order valence-electron chi connectivity index (χ2n) is 7.17. The highest BCUT2D eigenvalue weighted by Crippen LogP contribution is 2.28. The molecule has 148 valence electrons. The molecule has 0 aliphatic carbocycles. The van der Waals surface area contributed by atoms with Gasteiger partial charge in [-0.05, 0) is 12.8 Å². The van der Waals surface area contributed by atoms with Crippen molar-refractivity contribution < 1.29 is 4.79 Å². The van der Waals surface area contributed by atoms with Crippen LogP contribution in [0.15, 0.2) is 34.8 Å². The van der Waals surface area contributed by atoms with Crippen molar-refractivity contribution in [3.63, 3.8) is 0 Å². The van der Waals surface area contributed by atoms with Gasteiger partial charge < -0.3 is 10.3 Å². The van der Waals surface area contributed by atoms with E-state index in [2.05, 4.69) is 65.2 Å². The summed E-state index contributed by atoms with van der Waals surface area (Å²) in [7, 11) is 0. The van der Waals surface area contributed by atoms with Gasteiger partial charge in [0.2, 0.25) is 5.91 Å². The van der Waals surface area contributed by atoms with Crippen LogP contribution in [0.4, 0.5) is 0 Å². The van der Waals surface area contributed by atoms with Crippen molar-refractivity contribution in [2.24, 2.45) is 11.7 Å². The summed E-state index contributed by atoms with van der Waals surface area (Å²) in [6.45, 7) is 7.20. The van der Waals surface area contributed by atoms with Crippen LogP contribution in [0.3, 0.4) is 0 Å². The summed E-state index contributed by atoms with van der Waals surface area (Å²) < 4.78 is 2.10. The van der Waals surface area contributed by atoms with Gasteiger partial charge in [0.1, 0.15) is 10.8 Å². The van der Waals surface area contributed by atoms with Crippen LogP contribution in [0.2, 0.25) is 0 Å². The third-order valence-corrected chi connectivity index (χ3v) is 6.08. The lowest BCUT2D eigenvalue weighted by atomic mass is 10.2. The van der Waals surface area contributed by atoms with E-state index in [-0.39, 0.29) is 12.3 Å². The van der Waals surface area contributed by atoms with Crippen LogP contribution in [0.1, 0.15) is 37.4 Å². The number of thioether (sulfide) groups is 1. The molecule has 0 radical (unpaired) electrons. The Labute approximate surface area is 173 Å². The van der Waals surface area contributed by atoms with Crippen LogP contribution in [0, 0.1) is 12.8 Å². The molecule has 6 nitrogen and oxygen atoms in total. The predicted octanol–water partition coefficient (Wildman–Crippen LogP) is 4.08. The normalized spacial score (nSPS) is 11.3. The van der Waals surface area contributed by atoms with Crippen molar-refractivity contribution >= 4 is 29.0 Å². The molecule has 2 aromatic heterocycles. The lowest BCUT2D eigenvalue weighted by molar-refractivity contribution is -0.118. The highest BCUT2D eigenvalue weighted by Gasteiger charge is 2.15. The first kappa shape index (κ1) is 20.5. The quantitative estimate of drug-likeness (QED) is 0.532. The summed E-state index contributed by atoms with van der Waals surface area (Å²) in [4.78, 5) is 15.9. The summed E-state index contributed by atoms with van der Waals surface area (Å²) in [6.07, 6.45) is 0.802. The minimum Gasteiger partial charge on any atom is -0.370 e. The number of nitrogens with zero attached hydrogens (tertiary/aromatic N) is 4. The third-order valence-electron chi connectivity index (χ3n) is 4.14. The summed E-state index contributed by atoms with van der Waals surface area (Å²) in [5, 5.41) is 12.6. The van der Waals surface area contributed by atoms with E-state index in [1.54, 1.807) is 23.1 Å². The smallest absolute Gasteiger partial charge is 0.217 e. The molecule has 0 unspecified atom stereocenters. The van der Waals surface area contributed by atoms with Gasteiger partial charge in [-0.2, -0.15) is 0 Å². The highest BCUT2D eigenvalue weighted by atomic mass is 32.2. The number of benzene rings is 1. The Morgan fingerprint density at radius 1 is 1.25 bits per heavy atom. The fourth-order valence-corrected chi connectivity index (χ4v) is 4.53. The molecule has 0 saturated heterocycles. The predicted molar refractivity (Wildman–Crippen MR) is 114 cm³/mol. The Morgan fingerprint density at radius 3 is 2.68 bits per heavy atom. The lowest BCUT2D eigenvalue weighted by Gasteiger charge is -2.11. The van der Waals surface area contributed by atoms with E-state index in [1.165, 1.54) is 5.56 Å². The number of primary amides is 1. The Bertz CT molecular complexity index is 930. The number of nitrogens with two attached hydrogens (primary N) is 1. The molecule has 3 aromatic rings. The molecule has 1 amide bonds. The summed E-state index contributed by atoms with van der Waals surface area (Å²) in [5.41, 5.74) is 8.70. The SMILES string of the molecule is Cc1ccc(-c2nc(CSc3nnc(CCC(N)=O)n3CC(C)C)cs2)cc1. The van der Waals surface area contributed by atoms with Gasteiger partial charge in [0.25, 0.3) is 0 Å². The number of hydrogen-bond donors (Lipinski definition) is 1. The van der Waals surface area contributed by atoms with Crippen molar-refractivity contribution in [3.8, 4) is 10.6 Å². The van der Waals surface area contributed by atoms with Gasteiger partial charge in [-0.3, -0.25) is 4.79 Å². The molecule has 1 aromatic carbocycles. The largest absolute Gasteiger partial charge is 0.370 e. The Kier molecular flexibility index (Phi) is 6.85. The first-order valence-corrected chi connectivity index (χ1v) is 11.1. The maximum absolute atomic E-state index is 11.1. The maximum atomic E-state index is 11.1. The van der Waals surface area contributed by atoms with Crippen molar-refractivity contribution in [1.29, 1.82) is 0 Å². The van der Waals surface area contributed by atoms with Gasteiger partial charge in [-0.15, -0.1) is 21.5 Å². The summed E-state index contributed by atoms with van der Waals surface area (Å²) in [5.74, 6) is 1.68. The molecule has 0 atom stereocenters. The average molecular weight is 416 g/mol. The van der Waals surface area contributed by atoms with E-state index in [0.717, 1.165) is 39.5 Å². The molecule has 8 heteroatoms. The highest BCUT2D eigenvalue weighted by molar-refractivity contribution is 7.98. The zero-order chi connectivity index (χ0) is 20.1. The van der Waals surface area contributed by atoms with Gasteiger partial charge >= 0.3 is 0 Å². The van der Waals surface area contributed by atoms with Crippen molar-refractivity contribution in [2.45, 2.75) is 51.1 Å². The van der Waals surface area contributed by atoms with Crippen LogP contribution in [0.5, 0.6) is 0 Å². The molecule has 0 saturated carbocycles. The number of carbonyl (C=O) groups excluding carboxylic acids is 1. The van der Waals surface area contributed by atoms with Crippen LogP contribution in [-0.2, 0) is 23.5 Å². The zero-order valence-electron chi connectivity index (χ0n) is 16.4. The summed E-state index contributed by atoms with van der Waals surface area (Å²) in [6, 6.07) is 8.42. The zero-order valence-corrected chi connectivity index (χ0v) is 18.0. The minimum absolute atomic E-state index is 0.285. The molecule has 0 bridgehead atoms. The minimum atomic E-state index is -0.320. The molecular formula is C20H25N5OS2. The Hall–Kier alpha value is -2.19. The van der Waals surface area contributed by atoms with Gasteiger partial charge in [-0.1, -0.05) is 55.4 Å². The maximum Gasteiger partial charge on any atom is 0.217 e. The summed E-state index contributed by atoms with van der Waals surface area (Å²) >= 11 is 3.28. The molecule has 28 heavy (non-hydrogen) atoms. The van der Waals surface area contributed by atoms with Crippen LogP contribution in [0.25, 0.3) is 10.6 Å². The fourth-order valence-electron chi connectivity index (χ4n) is 2.73. The topological polar surface area (TPSA) is 86.7 Å². The van der Waals surface area contributed by atoms with E-state index in [9.17, 15) is 4.79 Å². The second kappa shape index (κ2) is 9.34. The first-order chi connectivity index (χ1) is 13.4. The molecule has 0 fully saturated rings. The average Bonchev–Trinajstić information content (AvgIpc) is 3.26. The fraction of sp³-hybridized carbons (Fsp3) is 0.400. The van der Waals surface area contributed by atoms with Gasteiger partial charge in [0.05, 0.1) is 5.69 Å². The Morgan fingerprint density at radius 2 is 2.00 bits per heavy atom. The van der Waals surface area contributed by atoms with Crippen molar-refractivity contribution in [3.05, 3.63) is 46.7 Å². The number of amides is 1. The number of aryl methyl sites for hydroxylation is 2.